The lowest BCUT2D eigenvalue weighted by Crippen LogP contribution is -2.46. The largest absolute Gasteiger partial charge is 0.504 e. The van der Waals surface area contributed by atoms with Gasteiger partial charge in [-0.2, -0.15) is 0 Å². The van der Waals surface area contributed by atoms with Crippen LogP contribution in [0.1, 0.15) is 31.4 Å². The van der Waals surface area contributed by atoms with Crippen LogP contribution in [0.4, 0.5) is 0 Å². The summed E-state index contributed by atoms with van der Waals surface area (Å²) in [5, 5.41) is 20.1. The minimum atomic E-state index is -0.952. The van der Waals surface area contributed by atoms with Crippen molar-refractivity contribution in [2.45, 2.75) is 32.8 Å². The lowest BCUT2D eigenvalue weighted by atomic mass is 9.60. The number of ketones is 1. The number of rotatable bonds is 1. The molecule has 0 aromatic heterocycles. The number of ether oxygens (including phenoxy) is 1. The second-order valence-corrected chi connectivity index (χ2v) is 6.50. The number of aryl methyl sites for hydroxylation is 1. The second-order valence-electron chi connectivity index (χ2n) is 6.50. The number of aromatic hydroxyl groups is 1. The van der Waals surface area contributed by atoms with Crippen LogP contribution < -0.4 is 4.74 Å². The molecule has 3 rings (SSSR count). The number of allylic oxidation sites excluding steroid dienone is 1. The van der Waals surface area contributed by atoms with Crippen LogP contribution in [-0.4, -0.2) is 29.2 Å². The van der Waals surface area contributed by atoms with Crippen LogP contribution in [0.15, 0.2) is 18.2 Å². The van der Waals surface area contributed by atoms with Crippen molar-refractivity contribution in [2.24, 2.45) is 11.3 Å². The Morgan fingerprint density at radius 3 is 2.71 bits per heavy atom. The maximum Gasteiger partial charge on any atom is 0.184 e. The average Bonchev–Trinajstić information content (AvgIpc) is 2.44. The number of benzene rings is 1. The quantitative estimate of drug-likeness (QED) is 0.832. The van der Waals surface area contributed by atoms with Crippen molar-refractivity contribution in [3.63, 3.8) is 0 Å². The van der Waals surface area contributed by atoms with Gasteiger partial charge in [0.1, 0.15) is 6.10 Å². The predicted octanol–water partition coefficient (Wildman–Crippen LogP) is 2.32. The van der Waals surface area contributed by atoms with Gasteiger partial charge in [0.15, 0.2) is 17.3 Å². The smallest absolute Gasteiger partial charge is 0.184 e. The number of phenols is 1. The van der Waals surface area contributed by atoms with E-state index in [0.29, 0.717) is 5.75 Å². The molecular weight excluding hydrogens is 268 g/mol. The molecule has 0 saturated carbocycles. The number of hydrogen-bond acceptors (Lipinski definition) is 4. The van der Waals surface area contributed by atoms with Gasteiger partial charge in [0.25, 0.3) is 0 Å². The van der Waals surface area contributed by atoms with Crippen molar-refractivity contribution >= 4 is 11.4 Å². The molecule has 0 fully saturated rings. The Hall–Kier alpha value is -1.81. The lowest BCUT2D eigenvalue weighted by Gasteiger charge is -2.44. The number of aliphatic hydroxyl groups excluding tert-OH is 1. The van der Waals surface area contributed by atoms with Crippen LogP contribution in [0, 0.1) is 11.3 Å². The molecule has 0 saturated heterocycles. The highest BCUT2D eigenvalue weighted by atomic mass is 16.5. The Morgan fingerprint density at radius 1 is 1.33 bits per heavy atom. The molecule has 0 spiro atoms. The number of carbonyl (C=O) groups excluding carboxylic acids is 1. The van der Waals surface area contributed by atoms with Gasteiger partial charge in [0.2, 0.25) is 0 Å². The normalized spacial score (nSPS) is 26.7. The third kappa shape index (κ3) is 1.97. The van der Waals surface area contributed by atoms with E-state index in [2.05, 4.69) is 0 Å². The predicted molar refractivity (Wildman–Crippen MR) is 79.2 cm³/mol. The van der Waals surface area contributed by atoms with Crippen molar-refractivity contribution in [3.8, 4) is 11.5 Å². The van der Waals surface area contributed by atoms with Gasteiger partial charge in [-0.15, -0.1) is 0 Å². The summed E-state index contributed by atoms with van der Waals surface area (Å²) < 4.78 is 5.18. The zero-order valence-electron chi connectivity index (χ0n) is 12.5. The molecule has 1 aromatic carbocycles. The zero-order valence-corrected chi connectivity index (χ0v) is 12.5. The molecule has 2 aliphatic carbocycles. The fourth-order valence-electron chi connectivity index (χ4n) is 3.63. The molecule has 2 aliphatic rings. The van der Waals surface area contributed by atoms with Gasteiger partial charge in [-0.05, 0) is 53.7 Å². The topological polar surface area (TPSA) is 66.8 Å². The molecule has 1 aromatic rings. The molecule has 0 unspecified atom stereocenters. The first-order valence-electron chi connectivity index (χ1n) is 7.20. The van der Waals surface area contributed by atoms with E-state index in [-0.39, 0.29) is 17.5 Å². The van der Waals surface area contributed by atoms with Crippen LogP contribution in [-0.2, 0) is 11.2 Å². The number of fused-ring (bicyclic) bond motifs is 3. The van der Waals surface area contributed by atoms with E-state index in [1.807, 2.05) is 13.8 Å². The van der Waals surface area contributed by atoms with Gasteiger partial charge in [-0.1, -0.05) is 13.8 Å². The van der Waals surface area contributed by atoms with Crippen LogP contribution >= 0.6 is 0 Å². The minimum absolute atomic E-state index is 0.122. The fraction of sp³-hybridized carbons (Fsp3) is 0.471. The Morgan fingerprint density at radius 2 is 2.05 bits per heavy atom. The summed E-state index contributed by atoms with van der Waals surface area (Å²) in [5.74, 6) is 0.418. The van der Waals surface area contributed by atoms with Crippen molar-refractivity contribution in [1.82, 2.24) is 0 Å². The highest BCUT2D eigenvalue weighted by molar-refractivity contribution is 6.03. The molecule has 0 aliphatic heterocycles. The average molecular weight is 288 g/mol. The van der Waals surface area contributed by atoms with Crippen molar-refractivity contribution < 1.29 is 19.7 Å². The summed E-state index contributed by atoms with van der Waals surface area (Å²) in [6.45, 7) is 3.88. The zero-order chi connectivity index (χ0) is 15.4. The van der Waals surface area contributed by atoms with Gasteiger partial charge >= 0.3 is 0 Å². The van der Waals surface area contributed by atoms with Gasteiger partial charge in [0.05, 0.1) is 7.11 Å². The van der Waals surface area contributed by atoms with Crippen LogP contribution in [0.5, 0.6) is 11.5 Å². The SMILES string of the molecule is COc1cc2c(cc1O)CC[C@H]1C2=CC(=O)[C@@H](O)C1(C)C. The molecule has 0 bridgehead atoms. The molecule has 0 heterocycles. The van der Waals surface area contributed by atoms with Gasteiger partial charge in [0, 0.05) is 5.41 Å². The first kappa shape index (κ1) is 14.1. The first-order chi connectivity index (χ1) is 9.86. The summed E-state index contributed by atoms with van der Waals surface area (Å²) >= 11 is 0. The molecule has 21 heavy (non-hydrogen) atoms. The number of methoxy groups -OCH3 is 1. The van der Waals surface area contributed by atoms with Crippen LogP contribution in [0.2, 0.25) is 0 Å². The van der Waals surface area contributed by atoms with E-state index in [0.717, 1.165) is 29.5 Å². The highest BCUT2D eigenvalue weighted by Crippen LogP contribution is 2.51. The fourth-order valence-corrected chi connectivity index (χ4v) is 3.63. The summed E-state index contributed by atoms with van der Waals surface area (Å²) in [6.07, 6.45) is 2.29. The van der Waals surface area contributed by atoms with Crippen molar-refractivity contribution in [1.29, 1.82) is 0 Å². The Balaban J connectivity index is 2.18. The molecule has 4 nitrogen and oxygen atoms in total. The summed E-state index contributed by atoms with van der Waals surface area (Å²) in [5.41, 5.74) is 2.45. The van der Waals surface area contributed by atoms with E-state index < -0.39 is 11.5 Å². The van der Waals surface area contributed by atoms with Gasteiger partial charge in [-0.3, -0.25) is 4.79 Å². The Kier molecular flexibility index (Phi) is 3.10. The van der Waals surface area contributed by atoms with E-state index in [1.165, 1.54) is 7.11 Å². The molecule has 2 N–H and O–H groups in total. The summed E-state index contributed by atoms with van der Waals surface area (Å²) in [4.78, 5) is 12.1. The van der Waals surface area contributed by atoms with Gasteiger partial charge < -0.3 is 14.9 Å². The Labute approximate surface area is 124 Å². The number of aliphatic hydroxyl groups is 1. The Bertz CT molecular complexity index is 642. The number of carbonyl (C=O) groups is 1. The maximum atomic E-state index is 12.1. The van der Waals surface area contributed by atoms with E-state index >= 15 is 0 Å². The standard InChI is InChI=1S/C17H20O4/c1-17(2)12-5-4-9-6-13(18)15(21-3)8-10(9)11(12)7-14(19)16(17)20/h6-8,12,16,18,20H,4-5H2,1-3H3/t12-,16+/m0/s1. The molecule has 0 amide bonds. The molecule has 2 atom stereocenters. The van der Waals surface area contributed by atoms with E-state index in [1.54, 1.807) is 18.2 Å². The number of hydrogen-bond donors (Lipinski definition) is 2. The monoisotopic (exact) mass is 288 g/mol. The van der Waals surface area contributed by atoms with Crippen LogP contribution in [0.3, 0.4) is 0 Å². The van der Waals surface area contributed by atoms with Crippen molar-refractivity contribution in [2.75, 3.05) is 7.11 Å². The third-order valence-corrected chi connectivity index (χ3v) is 4.96. The van der Waals surface area contributed by atoms with Crippen molar-refractivity contribution in [3.05, 3.63) is 29.3 Å². The highest BCUT2D eigenvalue weighted by Gasteiger charge is 2.46. The third-order valence-electron chi connectivity index (χ3n) is 4.96. The van der Waals surface area contributed by atoms with Gasteiger partial charge in [-0.25, -0.2) is 0 Å². The minimum Gasteiger partial charge on any atom is -0.504 e. The lowest BCUT2D eigenvalue weighted by molar-refractivity contribution is -0.130. The summed E-state index contributed by atoms with van der Waals surface area (Å²) in [6, 6.07) is 3.51. The second kappa shape index (κ2) is 4.60. The van der Waals surface area contributed by atoms with E-state index in [4.69, 9.17) is 4.74 Å². The molecule has 112 valence electrons. The first-order valence-corrected chi connectivity index (χ1v) is 7.20. The molecular formula is C17H20O4. The maximum absolute atomic E-state index is 12.1. The summed E-state index contributed by atoms with van der Waals surface area (Å²) in [7, 11) is 1.51. The van der Waals surface area contributed by atoms with Crippen LogP contribution in [0.25, 0.3) is 5.57 Å². The number of phenolic OH excluding ortho intramolecular Hbond substituents is 1. The molecule has 0 radical (unpaired) electrons. The van der Waals surface area contributed by atoms with E-state index in [9.17, 15) is 15.0 Å². The molecule has 4 heteroatoms.